The van der Waals surface area contributed by atoms with Crippen LogP contribution >= 0.6 is 0 Å². The van der Waals surface area contributed by atoms with Crippen molar-refractivity contribution in [1.29, 1.82) is 0 Å². The summed E-state index contributed by atoms with van der Waals surface area (Å²) in [7, 11) is -3.69. The quantitative estimate of drug-likeness (QED) is 0.622. The second-order valence-corrected chi connectivity index (χ2v) is 10.7. The van der Waals surface area contributed by atoms with Gasteiger partial charge in [0.05, 0.1) is 11.6 Å². The third-order valence-corrected chi connectivity index (χ3v) is 8.21. The van der Waals surface area contributed by atoms with Gasteiger partial charge in [-0.2, -0.15) is 4.31 Å². The van der Waals surface area contributed by atoms with Crippen molar-refractivity contribution in [3.05, 3.63) is 65.4 Å². The van der Waals surface area contributed by atoms with Crippen LogP contribution in [0.1, 0.15) is 23.6 Å². The molecule has 1 saturated heterocycles. The molecule has 0 aliphatic carbocycles. The van der Waals surface area contributed by atoms with E-state index in [0.717, 1.165) is 27.8 Å². The zero-order valence-corrected chi connectivity index (χ0v) is 20.3. The number of piperazine rings is 1. The molecule has 8 heteroatoms. The summed E-state index contributed by atoms with van der Waals surface area (Å²) in [6.07, 6.45) is 1.69. The molecule has 1 aromatic heterocycles. The van der Waals surface area contributed by atoms with Crippen LogP contribution in [0.25, 0.3) is 10.9 Å². The molecule has 0 saturated carbocycles. The molecule has 0 radical (unpaired) electrons. The minimum atomic E-state index is -3.69. The summed E-state index contributed by atoms with van der Waals surface area (Å²) in [6.45, 7) is 9.37. The number of carbonyl (C=O) groups excluding carboxylic acids is 1. The van der Waals surface area contributed by atoms with Crippen LogP contribution in [-0.4, -0.2) is 60.7 Å². The maximum absolute atomic E-state index is 13.4. The van der Waals surface area contributed by atoms with Gasteiger partial charge >= 0.3 is 0 Å². The van der Waals surface area contributed by atoms with Gasteiger partial charge in [-0.3, -0.25) is 14.7 Å². The van der Waals surface area contributed by atoms with Crippen molar-refractivity contribution in [3.8, 4) is 0 Å². The third kappa shape index (κ3) is 4.78. The highest BCUT2D eigenvalue weighted by atomic mass is 32.2. The smallest absolute Gasteiger partial charge is 0.245 e. The van der Waals surface area contributed by atoms with Gasteiger partial charge in [0.1, 0.15) is 4.90 Å². The Labute approximate surface area is 195 Å². The monoisotopic (exact) mass is 466 g/mol. The summed E-state index contributed by atoms with van der Waals surface area (Å²) >= 11 is 0. The molecule has 1 aliphatic rings. The number of hydrogen-bond acceptors (Lipinski definition) is 5. The van der Waals surface area contributed by atoms with Gasteiger partial charge in [-0.05, 0) is 62.6 Å². The van der Waals surface area contributed by atoms with Gasteiger partial charge in [-0.25, -0.2) is 8.42 Å². The predicted molar refractivity (Wildman–Crippen MR) is 131 cm³/mol. The molecule has 7 nitrogen and oxygen atoms in total. The average Bonchev–Trinajstić information content (AvgIpc) is 2.80. The van der Waals surface area contributed by atoms with Crippen LogP contribution in [0.5, 0.6) is 0 Å². The van der Waals surface area contributed by atoms with Crippen molar-refractivity contribution in [2.45, 2.75) is 38.6 Å². The largest absolute Gasteiger partial charge is 0.324 e. The molecule has 174 valence electrons. The number of amides is 1. The summed E-state index contributed by atoms with van der Waals surface area (Å²) in [5.74, 6) is -0.0892. The number of hydrogen-bond donors (Lipinski definition) is 1. The van der Waals surface area contributed by atoms with Crippen LogP contribution < -0.4 is 5.32 Å². The minimum absolute atomic E-state index is 0.0892. The number of pyridine rings is 1. The summed E-state index contributed by atoms with van der Waals surface area (Å²) in [6, 6.07) is 12.8. The van der Waals surface area contributed by atoms with E-state index in [9.17, 15) is 13.2 Å². The number of aryl methyl sites for hydroxylation is 3. The van der Waals surface area contributed by atoms with E-state index in [1.807, 2.05) is 62.9 Å². The number of fused-ring (bicyclic) bond motifs is 1. The lowest BCUT2D eigenvalue weighted by atomic mass is 10.1. The molecule has 3 aromatic rings. The van der Waals surface area contributed by atoms with Crippen molar-refractivity contribution < 1.29 is 13.2 Å². The van der Waals surface area contributed by atoms with E-state index >= 15 is 0 Å². The van der Waals surface area contributed by atoms with Crippen LogP contribution in [0.4, 0.5) is 5.69 Å². The van der Waals surface area contributed by atoms with Gasteiger partial charge in [0.2, 0.25) is 15.9 Å². The van der Waals surface area contributed by atoms with Crippen molar-refractivity contribution in [1.82, 2.24) is 14.2 Å². The van der Waals surface area contributed by atoms with Gasteiger partial charge in [0.15, 0.2) is 0 Å². The average molecular weight is 467 g/mol. The van der Waals surface area contributed by atoms with E-state index in [2.05, 4.69) is 10.3 Å². The van der Waals surface area contributed by atoms with Crippen LogP contribution in [0, 0.1) is 20.8 Å². The molecule has 1 fully saturated rings. The molecule has 1 unspecified atom stereocenters. The maximum atomic E-state index is 13.4. The Bertz CT molecular complexity index is 1300. The first-order valence-electron chi connectivity index (χ1n) is 11.1. The summed E-state index contributed by atoms with van der Waals surface area (Å²) in [5.41, 5.74) is 4.38. The van der Waals surface area contributed by atoms with E-state index in [4.69, 9.17) is 0 Å². The van der Waals surface area contributed by atoms with Crippen LogP contribution in [0.2, 0.25) is 0 Å². The second kappa shape index (κ2) is 9.21. The van der Waals surface area contributed by atoms with E-state index in [1.54, 1.807) is 18.3 Å². The number of carbonyl (C=O) groups is 1. The van der Waals surface area contributed by atoms with Gasteiger partial charge in [0, 0.05) is 43.4 Å². The molecule has 4 rings (SSSR count). The van der Waals surface area contributed by atoms with Gasteiger partial charge < -0.3 is 5.32 Å². The van der Waals surface area contributed by atoms with Crippen molar-refractivity contribution in [2.24, 2.45) is 0 Å². The van der Waals surface area contributed by atoms with Crippen LogP contribution in [-0.2, 0) is 14.8 Å². The Hall–Kier alpha value is -2.81. The summed E-state index contributed by atoms with van der Waals surface area (Å²) < 4.78 is 28.3. The Morgan fingerprint density at radius 1 is 1.00 bits per heavy atom. The number of sulfonamides is 1. The number of benzene rings is 2. The number of nitrogens with zero attached hydrogens (tertiary/aromatic N) is 3. The Morgan fingerprint density at radius 2 is 1.73 bits per heavy atom. The molecule has 33 heavy (non-hydrogen) atoms. The lowest BCUT2D eigenvalue weighted by molar-refractivity contribution is -0.121. The fourth-order valence-corrected chi connectivity index (χ4v) is 5.78. The van der Waals surface area contributed by atoms with Gasteiger partial charge in [-0.1, -0.05) is 24.3 Å². The normalized spacial score (nSPS) is 16.6. The van der Waals surface area contributed by atoms with Crippen molar-refractivity contribution in [3.63, 3.8) is 0 Å². The lowest BCUT2D eigenvalue weighted by Crippen LogP contribution is -2.54. The summed E-state index contributed by atoms with van der Waals surface area (Å²) in [5, 5.41) is 3.83. The zero-order valence-electron chi connectivity index (χ0n) is 19.5. The second-order valence-electron chi connectivity index (χ2n) is 8.76. The fraction of sp³-hybridized carbons (Fsp3) is 0.360. The number of para-hydroxylation sites is 1. The molecule has 1 N–H and O–H groups in total. The zero-order chi connectivity index (χ0) is 23.8. The van der Waals surface area contributed by atoms with Gasteiger partial charge in [-0.15, -0.1) is 0 Å². The molecular formula is C25H30N4O3S. The first kappa shape index (κ1) is 23.4. The SMILES string of the molecule is Cc1ccc(C)c(NC(=O)C(C)N2CCN(S(=O)(=O)c3cccc4cc(C)cnc34)CC2)c1. The molecule has 1 aliphatic heterocycles. The molecule has 1 amide bonds. The molecule has 0 bridgehead atoms. The number of rotatable bonds is 5. The molecule has 1 atom stereocenters. The number of nitrogens with one attached hydrogen (secondary N) is 1. The standard InChI is InChI=1S/C25H30N4O3S/c1-17-8-9-19(3)22(15-17)27-25(30)20(4)28-10-12-29(13-11-28)33(31,32)23-7-5-6-21-14-18(2)16-26-24(21)23/h5-9,14-16,20H,10-13H2,1-4H3,(H,27,30). The van der Waals surface area contributed by atoms with Crippen molar-refractivity contribution in [2.75, 3.05) is 31.5 Å². The van der Waals surface area contributed by atoms with E-state index < -0.39 is 10.0 Å². The highest BCUT2D eigenvalue weighted by Gasteiger charge is 2.33. The topological polar surface area (TPSA) is 82.6 Å². The predicted octanol–water partition coefficient (Wildman–Crippen LogP) is 3.49. The maximum Gasteiger partial charge on any atom is 0.245 e. The van der Waals surface area contributed by atoms with E-state index in [-0.39, 0.29) is 16.8 Å². The first-order valence-corrected chi connectivity index (χ1v) is 12.6. The van der Waals surface area contributed by atoms with Crippen LogP contribution in [0.3, 0.4) is 0 Å². The molecule has 2 aromatic carbocycles. The molecule has 2 heterocycles. The van der Waals surface area contributed by atoms with E-state index in [0.29, 0.717) is 31.7 Å². The molecular weight excluding hydrogens is 436 g/mol. The Kier molecular flexibility index (Phi) is 6.52. The highest BCUT2D eigenvalue weighted by Crippen LogP contribution is 2.26. The Morgan fingerprint density at radius 3 is 2.45 bits per heavy atom. The minimum Gasteiger partial charge on any atom is -0.324 e. The molecule has 0 spiro atoms. The third-order valence-electron chi connectivity index (χ3n) is 6.28. The van der Waals surface area contributed by atoms with E-state index in [1.165, 1.54) is 4.31 Å². The lowest BCUT2D eigenvalue weighted by Gasteiger charge is -2.36. The Balaban J connectivity index is 1.45. The van der Waals surface area contributed by atoms with Gasteiger partial charge in [0.25, 0.3) is 0 Å². The highest BCUT2D eigenvalue weighted by molar-refractivity contribution is 7.89. The number of aromatic nitrogens is 1. The van der Waals surface area contributed by atoms with Crippen molar-refractivity contribution >= 4 is 32.5 Å². The first-order chi connectivity index (χ1) is 15.7. The fourth-order valence-electron chi connectivity index (χ4n) is 4.19. The van der Waals surface area contributed by atoms with Crippen LogP contribution in [0.15, 0.2) is 53.6 Å². The number of anilines is 1. The summed E-state index contributed by atoms with van der Waals surface area (Å²) in [4.78, 5) is 19.5.